The molecule has 0 saturated carbocycles. The number of unbranched alkanes of at least 4 members (excludes halogenated alkanes) is 3. The quantitative estimate of drug-likeness (QED) is 0.698. The molecule has 18 heavy (non-hydrogen) atoms. The smallest absolute Gasteiger partial charge is 0.0431 e. The molecule has 0 aliphatic heterocycles. The second-order valence-electron chi connectivity index (χ2n) is 6.00. The van der Waals surface area contributed by atoms with Crippen molar-refractivity contribution in [1.29, 1.82) is 0 Å². The Balaban J connectivity index is 2.22. The largest absolute Gasteiger partial charge is 0.396 e. The normalized spacial score (nSPS) is 12.0. The van der Waals surface area contributed by atoms with Crippen LogP contribution in [0.4, 0.5) is 0 Å². The highest BCUT2D eigenvalue weighted by atomic mass is 16.2. The first-order valence-electron chi connectivity index (χ1n) is 7.02. The first-order chi connectivity index (χ1) is 8.51. The molecule has 0 aliphatic carbocycles. The van der Waals surface area contributed by atoms with Gasteiger partial charge in [-0.25, -0.2) is 0 Å². The van der Waals surface area contributed by atoms with E-state index in [0.717, 1.165) is 25.9 Å². The van der Waals surface area contributed by atoms with Crippen molar-refractivity contribution in [2.24, 2.45) is 0 Å². The highest BCUT2D eigenvalue weighted by molar-refractivity contribution is 5.10. The van der Waals surface area contributed by atoms with Crippen molar-refractivity contribution in [2.75, 3.05) is 6.61 Å². The Morgan fingerprint density at radius 3 is 2.56 bits per heavy atom. The fraction of sp³-hybridized carbons (Fsp3) is 0.733. The maximum Gasteiger partial charge on any atom is 0.0431 e. The first kappa shape index (κ1) is 15.3. The number of nitrogens with zero attached hydrogens (tertiary/aromatic N) is 1. The molecule has 3 nitrogen and oxygen atoms in total. The Bertz CT molecular complexity index is 325. The molecule has 3 heteroatoms. The summed E-state index contributed by atoms with van der Waals surface area (Å²) in [4.78, 5) is 0. The Labute approximate surface area is 111 Å². The Hall–Kier alpha value is -0.800. The van der Waals surface area contributed by atoms with E-state index in [1.165, 1.54) is 18.4 Å². The number of rotatable bonds is 8. The van der Waals surface area contributed by atoms with Crippen LogP contribution >= 0.6 is 0 Å². The molecule has 104 valence electrons. The van der Waals surface area contributed by atoms with Gasteiger partial charge < -0.3 is 15.0 Å². The van der Waals surface area contributed by atoms with Crippen LogP contribution in [0.2, 0.25) is 0 Å². The van der Waals surface area contributed by atoms with Crippen LogP contribution in [-0.4, -0.2) is 21.8 Å². The van der Waals surface area contributed by atoms with E-state index in [9.17, 15) is 0 Å². The molecular formula is C15H28N2O. The van der Waals surface area contributed by atoms with Gasteiger partial charge in [-0.05, 0) is 45.2 Å². The van der Waals surface area contributed by atoms with Crippen LogP contribution in [-0.2, 0) is 13.1 Å². The second-order valence-corrected chi connectivity index (χ2v) is 6.00. The summed E-state index contributed by atoms with van der Waals surface area (Å²) in [6.07, 6.45) is 8.86. The third-order valence-corrected chi connectivity index (χ3v) is 2.96. The van der Waals surface area contributed by atoms with Crippen LogP contribution < -0.4 is 5.32 Å². The Morgan fingerprint density at radius 1 is 1.17 bits per heavy atom. The molecule has 1 aromatic heterocycles. The average molecular weight is 252 g/mol. The number of aromatic nitrogens is 1. The first-order valence-corrected chi connectivity index (χ1v) is 7.02. The third kappa shape index (κ3) is 6.82. The SMILES string of the molecule is CC(C)(C)NCc1ccn(CCCCCCO)c1. The van der Waals surface area contributed by atoms with Gasteiger partial charge in [0.25, 0.3) is 0 Å². The van der Waals surface area contributed by atoms with Gasteiger partial charge in [0, 0.05) is 37.6 Å². The maximum atomic E-state index is 8.70. The highest BCUT2D eigenvalue weighted by Gasteiger charge is 2.08. The van der Waals surface area contributed by atoms with Crippen molar-refractivity contribution in [3.8, 4) is 0 Å². The number of aryl methyl sites for hydroxylation is 1. The van der Waals surface area contributed by atoms with Gasteiger partial charge in [-0.15, -0.1) is 0 Å². The summed E-state index contributed by atoms with van der Waals surface area (Å²) in [7, 11) is 0. The van der Waals surface area contributed by atoms with Crippen molar-refractivity contribution in [1.82, 2.24) is 9.88 Å². The van der Waals surface area contributed by atoms with E-state index in [1.807, 2.05) is 0 Å². The fourth-order valence-electron chi connectivity index (χ4n) is 1.86. The highest BCUT2D eigenvalue weighted by Crippen LogP contribution is 2.07. The molecule has 0 amide bonds. The van der Waals surface area contributed by atoms with Crippen LogP contribution in [0.3, 0.4) is 0 Å². The standard InChI is InChI=1S/C15H28N2O/c1-15(2,3)16-12-14-8-10-17(13-14)9-6-4-5-7-11-18/h8,10,13,16,18H,4-7,9,11-12H2,1-3H3. The number of aliphatic hydroxyl groups excluding tert-OH is 1. The summed E-state index contributed by atoms with van der Waals surface area (Å²) in [6, 6.07) is 2.19. The molecule has 0 fully saturated rings. The average Bonchev–Trinajstić information content (AvgIpc) is 2.73. The van der Waals surface area contributed by atoms with Crippen LogP contribution in [0.15, 0.2) is 18.5 Å². The summed E-state index contributed by atoms with van der Waals surface area (Å²) in [6.45, 7) is 8.90. The predicted octanol–water partition coefficient (Wildman–Crippen LogP) is 2.93. The lowest BCUT2D eigenvalue weighted by Gasteiger charge is -2.19. The van der Waals surface area contributed by atoms with Gasteiger partial charge in [-0.3, -0.25) is 0 Å². The minimum absolute atomic E-state index is 0.173. The summed E-state index contributed by atoms with van der Waals surface area (Å²) < 4.78 is 2.26. The molecule has 0 bridgehead atoms. The molecule has 0 atom stereocenters. The molecule has 0 unspecified atom stereocenters. The second kappa shape index (κ2) is 7.59. The minimum atomic E-state index is 0.173. The lowest BCUT2D eigenvalue weighted by atomic mass is 10.1. The zero-order valence-corrected chi connectivity index (χ0v) is 12.1. The van der Waals surface area contributed by atoms with E-state index in [2.05, 4.69) is 49.1 Å². The number of nitrogens with one attached hydrogen (secondary N) is 1. The topological polar surface area (TPSA) is 37.2 Å². The number of aliphatic hydroxyl groups is 1. The molecule has 1 heterocycles. The molecule has 2 N–H and O–H groups in total. The molecule has 0 spiro atoms. The lowest BCUT2D eigenvalue weighted by molar-refractivity contribution is 0.282. The Morgan fingerprint density at radius 2 is 1.89 bits per heavy atom. The van der Waals surface area contributed by atoms with Crippen molar-refractivity contribution < 1.29 is 5.11 Å². The van der Waals surface area contributed by atoms with E-state index in [-0.39, 0.29) is 5.54 Å². The van der Waals surface area contributed by atoms with Crippen LogP contribution in [0.1, 0.15) is 52.0 Å². The van der Waals surface area contributed by atoms with Crippen molar-refractivity contribution in [3.63, 3.8) is 0 Å². The van der Waals surface area contributed by atoms with Crippen molar-refractivity contribution in [2.45, 2.75) is 65.1 Å². The summed E-state index contributed by atoms with van der Waals surface area (Å²) >= 11 is 0. The minimum Gasteiger partial charge on any atom is -0.396 e. The molecule has 0 aromatic carbocycles. The van der Waals surface area contributed by atoms with Crippen LogP contribution in [0.25, 0.3) is 0 Å². The monoisotopic (exact) mass is 252 g/mol. The van der Waals surface area contributed by atoms with Gasteiger partial charge in [0.2, 0.25) is 0 Å². The van der Waals surface area contributed by atoms with Gasteiger partial charge in [0.05, 0.1) is 0 Å². The van der Waals surface area contributed by atoms with E-state index in [0.29, 0.717) is 6.61 Å². The van der Waals surface area contributed by atoms with Gasteiger partial charge in [-0.1, -0.05) is 12.8 Å². The molecule has 1 aromatic rings. The van der Waals surface area contributed by atoms with Crippen LogP contribution in [0, 0.1) is 0 Å². The molecular weight excluding hydrogens is 224 g/mol. The van der Waals surface area contributed by atoms with Crippen molar-refractivity contribution in [3.05, 3.63) is 24.0 Å². The van der Waals surface area contributed by atoms with Gasteiger partial charge in [0.1, 0.15) is 0 Å². The van der Waals surface area contributed by atoms with E-state index >= 15 is 0 Å². The fourth-order valence-corrected chi connectivity index (χ4v) is 1.86. The Kier molecular flexibility index (Phi) is 6.44. The maximum absolute atomic E-state index is 8.70. The summed E-state index contributed by atoms with van der Waals surface area (Å²) in [5.41, 5.74) is 1.52. The van der Waals surface area contributed by atoms with E-state index in [4.69, 9.17) is 5.11 Å². The third-order valence-electron chi connectivity index (χ3n) is 2.96. The molecule has 1 rings (SSSR count). The lowest BCUT2D eigenvalue weighted by Crippen LogP contribution is -2.34. The van der Waals surface area contributed by atoms with Gasteiger partial charge in [0.15, 0.2) is 0 Å². The summed E-state index contributed by atoms with van der Waals surface area (Å²) in [5.74, 6) is 0. The number of hydrogen-bond donors (Lipinski definition) is 2. The number of hydrogen-bond acceptors (Lipinski definition) is 2. The summed E-state index contributed by atoms with van der Waals surface area (Å²) in [5, 5.41) is 12.2. The van der Waals surface area contributed by atoms with Gasteiger partial charge >= 0.3 is 0 Å². The van der Waals surface area contributed by atoms with E-state index < -0.39 is 0 Å². The van der Waals surface area contributed by atoms with Crippen LogP contribution in [0.5, 0.6) is 0 Å². The van der Waals surface area contributed by atoms with E-state index in [1.54, 1.807) is 0 Å². The predicted molar refractivity (Wildman–Crippen MR) is 76.6 cm³/mol. The van der Waals surface area contributed by atoms with Gasteiger partial charge in [-0.2, -0.15) is 0 Å². The molecule has 0 saturated heterocycles. The van der Waals surface area contributed by atoms with Crippen molar-refractivity contribution >= 4 is 0 Å². The molecule has 0 aliphatic rings. The zero-order valence-electron chi connectivity index (χ0n) is 12.1. The zero-order chi connectivity index (χ0) is 13.4. The molecule has 0 radical (unpaired) electrons.